The third kappa shape index (κ3) is 3.65. The van der Waals surface area contributed by atoms with Crippen LogP contribution in [-0.2, 0) is 12.0 Å². The van der Waals surface area contributed by atoms with Gasteiger partial charge in [0.2, 0.25) is 5.95 Å². The highest BCUT2D eigenvalue weighted by molar-refractivity contribution is 6.31. The van der Waals surface area contributed by atoms with Crippen LogP contribution in [-0.4, -0.2) is 45.4 Å². The highest BCUT2D eigenvalue weighted by Crippen LogP contribution is 2.37. The molecule has 156 valence electrons. The summed E-state index contributed by atoms with van der Waals surface area (Å²) in [6.07, 6.45) is 3.39. The number of hydrogen-bond donors (Lipinski definition) is 4. The van der Waals surface area contributed by atoms with Crippen LogP contribution < -0.4 is 15.4 Å². The number of methoxy groups -OCH3 is 1. The number of aromatic nitrogens is 3. The van der Waals surface area contributed by atoms with Crippen LogP contribution in [0.3, 0.4) is 0 Å². The number of nitrogens with one attached hydrogen (secondary N) is 2. The molecule has 1 atom stereocenters. The van der Waals surface area contributed by atoms with Crippen molar-refractivity contribution < 1.29 is 14.9 Å². The molecule has 0 fully saturated rings. The van der Waals surface area contributed by atoms with Crippen LogP contribution in [0.1, 0.15) is 18.1 Å². The Hall–Kier alpha value is -2.94. The van der Waals surface area contributed by atoms with E-state index in [4.69, 9.17) is 16.3 Å². The van der Waals surface area contributed by atoms with Crippen molar-refractivity contribution in [3.63, 3.8) is 0 Å². The molecule has 1 aromatic carbocycles. The van der Waals surface area contributed by atoms with Gasteiger partial charge in [0.25, 0.3) is 0 Å². The first-order valence-electron chi connectivity index (χ1n) is 9.40. The van der Waals surface area contributed by atoms with Crippen LogP contribution in [0.15, 0.2) is 36.7 Å². The first-order valence-corrected chi connectivity index (χ1v) is 9.78. The molecule has 0 saturated carbocycles. The fourth-order valence-corrected chi connectivity index (χ4v) is 3.63. The SMILES string of the molecule is COc1cc(CO)c(Cl)cc1Nc1nccc(-c2cnc3c(c2)C(C)(CO)CN3)n1. The van der Waals surface area contributed by atoms with Gasteiger partial charge < -0.3 is 25.6 Å². The van der Waals surface area contributed by atoms with Crippen molar-refractivity contribution in [2.75, 3.05) is 30.9 Å². The minimum absolute atomic E-state index is 0.0269. The van der Waals surface area contributed by atoms with Crippen molar-refractivity contribution in [3.8, 4) is 17.0 Å². The summed E-state index contributed by atoms with van der Waals surface area (Å²) in [5.74, 6) is 1.66. The Bertz CT molecular complexity index is 1090. The van der Waals surface area contributed by atoms with Crippen LogP contribution in [0.4, 0.5) is 17.5 Å². The molecular weight excluding hydrogens is 406 g/mol. The summed E-state index contributed by atoms with van der Waals surface area (Å²) in [4.78, 5) is 13.4. The summed E-state index contributed by atoms with van der Waals surface area (Å²) in [6, 6.07) is 7.13. The number of halogens is 1. The van der Waals surface area contributed by atoms with Gasteiger partial charge in [0.05, 0.1) is 31.7 Å². The van der Waals surface area contributed by atoms with Gasteiger partial charge in [-0.3, -0.25) is 0 Å². The summed E-state index contributed by atoms with van der Waals surface area (Å²) in [7, 11) is 1.54. The lowest BCUT2D eigenvalue weighted by molar-refractivity contribution is 0.218. The lowest BCUT2D eigenvalue weighted by Gasteiger charge is -2.20. The number of anilines is 3. The second-order valence-corrected chi connectivity index (χ2v) is 7.79. The minimum Gasteiger partial charge on any atom is -0.495 e. The van der Waals surface area contributed by atoms with Gasteiger partial charge in [0.1, 0.15) is 11.6 Å². The van der Waals surface area contributed by atoms with Gasteiger partial charge in [-0.2, -0.15) is 0 Å². The first kappa shape index (κ1) is 20.3. The van der Waals surface area contributed by atoms with E-state index in [9.17, 15) is 10.2 Å². The normalized spacial score (nSPS) is 17.4. The zero-order chi connectivity index (χ0) is 21.3. The molecule has 3 aromatic rings. The van der Waals surface area contributed by atoms with Crippen molar-refractivity contribution in [1.29, 1.82) is 0 Å². The number of ether oxygens (including phenoxy) is 1. The summed E-state index contributed by atoms with van der Waals surface area (Å²) < 4.78 is 5.39. The van der Waals surface area contributed by atoms with Gasteiger partial charge in [-0.1, -0.05) is 18.5 Å². The largest absolute Gasteiger partial charge is 0.495 e. The van der Waals surface area contributed by atoms with Gasteiger partial charge >= 0.3 is 0 Å². The van der Waals surface area contributed by atoms with Gasteiger partial charge in [-0.25, -0.2) is 15.0 Å². The molecule has 0 spiro atoms. The van der Waals surface area contributed by atoms with E-state index in [0.717, 1.165) is 16.9 Å². The summed E-state index contributed by atoms with van der Waals surface area (Å²) in [6.45, 7) is 2.47. The number of rotatable bonds is 6. The molecular formula is C21H22ClN5O3. The van der Waals surface area contributed by atoms with Crippen molar-refractivity contribution >= 4 is 29.1 Å². The van der Waals surface area contributed by atoms with E-state index >= 15 is 0 Å². The highest BCUT2D eigenvalue weighted by atomic mass is 35.5. The molecule has 0 radical (unpaired) electrons. The number of hydrogen-bond acceptors (Lipinski definition) is 8. The molecule has 4 N–H and O–H groups in total. The summed E-state index contributed by atoms with van der Waals surface area (Å²) in [5.41, 5.74) is 3.24. The third-order valence-electron chi connectivity index (χ3n) is 5.27. The second kappa shape index (κ2) is 8.06. The minimum atomic E-state index is -0.384. The molecule has 8 nitrogen and oxygen atoms in total. The van der Waals surface area contributed by atoms with E-state index in [-0.39, 0.29) is 18.6 Å². The van der Waals surface area contributed by atoms with Crippen molar-refractivity contribution in [2.45, 2.75) is 18.9 Å². The fourth-order valence-electron chi connectivity index (χ4n) is 3.40. The predicted octanol–water partition coefficient (Wildman–Crippen LogP) is 3.11. The zero-order valence-corrected chi connectivity index (χ0v) is 17.4. The van der Waals surface area contributed by atoms with E-state index in [1.54, 1.807) is 30.6 Å². The maximum Gasteiger partial charge on any atom is 0.227 e. The lowest BCUT2D eigenvalue weighted by atomic mass is 9.85. The molecule has 0 aliphatic carbocycles. The maximum atomic E-state index is 9.81. The van der Waals surface area contributed by atoms with Gasteiger partial charge in [-0.15, -0.1) is 0 Å². The third-order valence-corrected chi connectivity index (χ3v) is 5.62. The van der Waals surface area contributed by atoms with Gasteiger partial charge in [0.15, 0.2) is 0 Å². The zero-order valence-electron chi connectivity index (χ0n) is 16.6. The Morgan fingerprint density at radius 1 is 1.27 bits per heavy atom. The maximum absolute atomic E-state index is 9.81. The molecule has 4 rings (SSSR count). The van der Waals surface area contributed by atoms with Crippen LogP contribution in [0.2, 0.25) is 5.02 Å². The van der Waals surface area contributed by atoms with Crippen LogP contribution in [0, 0.1) is 0 Å². The smallest absolute Gasteiger partial charge is 0.227 e. The van der Waals surface area contributed by atoms with Crippen molar-refractivity contribution in [1.82, 2.24) is 15.0 Å². The van der Waals surface area contributed by atoms with E-state index < -0.39 is 0 Å². The molecule has 0 amide bonds. The topological polar surface area (TPSA) is 112 Å². The molecule has 0 bridgehead atoms. The fraction of sp³-hybridized carbons (Fsp3) is 0.286. The second-order valence-electron chi connectivity index (χ2n) is 7.38. The first-order chi connectivity index (χ1) is 14.5. The number of aliphatic hydroxyl groups is 2. The molecule has 1 unspecified atom stereocenters. The monoisotopic (exact) mass is 427 g/mol. The predicted molar refractivity (Wildman–Crippen MR) is 115 cm³/mol. The molecule has 1 aliphatic heterocycles. The molecule has 3 heterocycles. The highest BCUT2D eigenvalue weighted by Gasteiger charge is 2.35. The van der Waals surface area contributed by atoms with E-state index in [0.29, 0.717) is 40.2 Å². The Labute approximate surface area is 178 Å². The average molecular weight is 428 g/mol. The molecule has 2 aromatic heterocycles. The van der Waals surface area contributed by atoms with Crippen LogP contribution in [0.25, 0.3) is 11.3 Å². The lowest BCUT2D eigenvalue weighted by Crippen LogP contribution is -2.28. The number of fused-ring (bicyclic) bond motifs is 1. The van der Waals surface area contributed by atoms with Gasteiger partial charge in [-0.05, 0) is 29.8 Å². The van der Waals surface area contributed by atoms with E-state index in [1.807, 2.05) is 13.0 Å². The van der Waals surface area contributed by atoms with Crippen LogP contribution >= 0.6 is 11.6 Å². The number of aliphatic hydroxyl groups excluding tert-OH is 2. The quantitative estimate of drug-likeness (QED) is 0.474. The van der Waals surface area contributed by atoms with Gasteiger partial charge in [0, 0.05) is 40.5 Å². The Morgan fingerprint density at radius 3 is 2.83 bits per heavy atom. The number of benzene rings is 1. The Balaban J connectivity index is 1.67. The Morgan fingerprint density at radius 2 is 2.10 bits per heavy atom. The molecule has 0 saturated heterocycles. The van der Waals surface area contributed by atoms with Crippen molar-refractivity contribution in [3.05, 3.63) is 52.8 Å². The molecule has 30 heavy (non-hydrogen) atoms. The van der Waals surface area contributed by atoms with E-state index in [2.05, 4.69) is 25.6 Å². The Kier molecular flexibility index (Phi) is 5.46. The molecule has 9 heteroatoms. The number of nitrogens with zero attached hydrogens (tertiary/aromatic N) is 3. The molecule has 1 aliphatic rings. The van der Waals surface area contributed by atoms with Crippen molar-refractivity contribution in [2.24, 2.45) is 0 Å². The summed E-state index contributed by atoms with van der Waals surface area (Å²) in [5, 5.41) is 26.0. The van der Waals surface area contributed by atoms with Crippen LogP contribution in [0.5, 0.6) is 5.75 Å². The number of pyridine rings is 1. The average Bonchev–Trinajstić information content (AvgIpc) is 3.11. The summed E-state index contributed by atoms with van der Waals surface area (Å²) >= 11 is 6.22. The van der Waals surface area contributed by atoms with E-state index in [1.165, 1.54) is 7.11 Å². The standard InChI is InChI=1S/C21H22ClN5O3/c1-21(11-29)10-25-19-14(21)5-12(8-24-19)16-3-4-23-20(26-16)27-17-7-15(22)13(9-28)6-18(17)30-2/h3-8,28-29H,9-11H2,1-2H3,(H,24,25)(H,23,26,27).